The van der Waals surface area contributed by atoms with E-state index >= 15 is 0 Å². The maximum Gasteiger partial charge on any atom is 0.274 e. The third-order valence-electron chi connectivity index (χ3n) is 5.52. The van der Waals surface area contributed by atoms with Crippen molar-refractivity contribution in [2.75, 3.05) is 39.3 Å². The minimum absolute atomic E-state index is 0.0323. The van der Waals surface area contributed by atoms with Crippen LogP contribution in [0.2, 0.25) is 0 Å². The Morgan fingerprint density at radius 3 is 2.85 bits per heavy atom. The van der Waals surface area contributed by atoms with Crippen LogP contribution in [-0.4, -0.2) is 75.2 Å². The fourth-order valence-electron chi connectivity index (χ4n) is 3.87. The van der Waals surface area contributed by atoms with Gasteiger partial charge in [0.25, 0.3) is 5.91 Å². The topological polar surface area (TPSA) is 63.0 Å². The molecule has 0 atom stereocenters. The van der Waals surface area contributed by atoms with E-state index in [0.717, 1.165) is 32.5 Å². The number of amides is 1. The summed E-state index contributed by atoms with van der Waals surface area (Å²) in [5.74, 6) is -0.0323. The van der Waals surface area contributed by atoms with Crippen molar-refractivity contribution in [2.45, 2.75) is 32.3 Å². The number of nitrogens with zero attached hydrogens (tertiary/aromatic N) is 5. The third-order valence-corrected chi connectivity index (χ3v) is 5.52. The first-order valence-electron chi connectivity index (χ1n) is 9.64. The van der Waals surface area contributed by atoms with E-state index < -0.39 is 0 Å². The molecule has 4 rings (SSSR count). The number of rotatable bonds is 3. The Bertz CT molecular complexity index is 814. The van der Waals surface area contributed by atoms with E-state index in [4.69, 9.17) is 4.74 Å². The molecule has 144 valence electrons. The number of likely N-dealkylation sites (tertiary alicyclic amines) is 1. The van der Waals surface area contributed by atoms with Crippen LogP contribution >= 0.6 is 0 Å². The molecule has 2 aliphatic rings. The zero-order valence-electron chi connectivity index (χ0n) is 16.1. The molecule has 27 heavy (non-hydrogen) atoms. The van der Waals surface area contributed by atoms with E-state index in [1.165, 1.54) is 5.57 Å². The summed E-state index contributed by atoms with van der Waals surface area (Å²) in [6, 6.07) is 3.56. The molecule has 0 unspecified atom stereocenters. The van der Waals surface area contributed by atoms with Crippen molar-refractivity contribution in [2.24, 2.45) is 0 Å². The predicted molar refractivity (Wildman–Crippen MR) is 103 cm³/mol. The minimum atomic E-state index is -0.215. The van der Waals surface area contributed by atoms with Gasteiger partial charge >= 0.3 is 0 Å². The molecule has 4 heterocycles. The number of morpholine rings is 1. The Morgan fingerprint density at radius 2 is 2.11 bits per heavy atom. The zero-order chi connectivity index (χ0) is 18.9. The van der Waals surface area contributed by atoms with E-state index in [-0.39, 0.29) is 11.5 Å². The lowest BCUT2D eigenvalue weighted by molar-refractivity contribution is -0.126. The molecule has 0 saturated carbocycles. The number of aromatic nitrogens is 3. The second-order valence-electron chi connectivity index (χ2n) is 7.79. The van der Waals surface area contributed by atoms with Crippen LogP contribution in [0.1, 0.15) is 37.2 Å². The van der Waals surface area contributed by atoms with Crippen LogP contribution in [0.4, 0.5) is 0 Å². The molecule has 7 nitrogen and oxygen atoms in total. The van der Waals surface area contributed by atoms with E-state index in [1.807, 2.05) is 11.1 Å². The van der Waals surface area contributed by atoms with Crippen molar-refractivity contribution in [1.82, 2.24) is 24.4 Å². The number of piperidine rings is 1. The smallest absolute Gasteiger partial charge is 0.274 e. The van der Waals surface area contributed by atoms with E-state index in [0.29, 0.717) is 31.0 Å². The van der Waals surface area contributed by atoms with Gasteiger partial charge in [-0.1, -0.05) is 11.6 Å². The molecule has 2 fully saturated rings. The van der Waals surface area contributed by atoms with Crippen molar-refractivity contribution in [3.63, 3.8) is 0 Å². The lowest BCUT2D eigenvalue weighted by Crippen LogP contribution is -2.58. The number of hydrogen-bond acceptors (Lipinski definition) is 5. The van der Waals surface area contributed by atoms with Gasteiger partial charge in [-0.15, -0.1) is 0 Å². The number of carbonyl (C=O) groups is 1. The Hall–Kier alpha value is -2.25. The molecule has 7 heteroatoms. The average molecular weight is 369 g/mol. The van der Waals surface area contributed by atoms with Crippen LogP contribution in [0.15, 0.2) is 36.2 Å². The summed E-state index contributed by atoms with van der Waals surface area (Å²) in [6.45, 7) is 9.11. The normalized spacial score (nSPS) is 20.1. The van der Waals surface area contributed by atoms with Gasteiger partial charge in [0.15, 0.2) is 11.3 Å². The van der Waals surface area contributed by atoms with Gasteiger partial charge < -0.3 is 9.64 Å². The van der Waals surface area contributed by atoms with Gasteiger partial charge in [0.05, 0.1) is 18.8 Å². The molecule has 2 saturated heterocycles. The van der Waals surface area contributed by atoms with Crippen LogP contribution < -0.4 is 0 Å². The Kier molecular flexibility index (Phi) is 4.97. The van der Waals surface area contributed by atoms with Gasteiger partial charge in [0.1, 0.15) is 0 Å². The molecule has 2 aliphatic heterocycles. The van der Waals surface area contributed by atoms with Crippen molar-refractivity contribution >= 4 is 11.6 Å². The monoisotopic (exact) mass is 369 g/mol. The molecular weight excluding hydrogens is 342 g/mol. The van der Waals surface area contributed by atoms with Crippen LogP contribution in [0.3, 0.4) is 0 Å². The molecular formula is C20H27N5O2. The number of carbonyl (C=O) groups excluding carboxylic acids is 1. The Labute approximate surface area is 159 Å². The molecule has 0 N–H and O–H groups in total. The van der Waals surface area contributed by atoms with Crippen molar-refractivity contribution in [3.05, 3.63) is 41.9 Å². The summed E-state index contributed by atoms with van der Waals surface area (Å²) in [5.41, 5.74) is 2.28. The van der Waals surface area contributed by atoms with Crippen molar-refractivity contribution in [3.8, 4) is 0 Å². The summed E-state index contributed by atoms with van der Waals surface area (Å²) in [7, 11) is 0. The molecule has 1 spiro atoms. The van der Waals surface area contributed by atoms with E-state index in [2.05, 4.69) is 34.9 Å². The lowest BCUT2D eigenvalue weighted by Gasteiger charge is -2.47. The van der Waals surface area contributed by atoms with E-state index in [1.54, 1.807) is 22.8 Å². The highest BCUT2D eigenvalue weighted by molar-refractivity contribution is 5.93. The first-order valence-corrected chi connectivity index (χ1v) is 9.64. The minimum Gasteiger partial charge on any atom is -0.371 e. The number of ether oxygens (including phenoxy) is 1. The summed E-state index contributed by atoms with van der Waals surface area (Å²) in [5, 5.41) is 4.38. The van der Waals surface area contributed by atoms with Crippen LogP contribution in [0, 0.1) is 0 Å². The quantitative estimate of drug-likeness (QED) is 0.775. The Morgan fingerprint density at radius 1 is 1.30 bits per heavy atom. The number of allylic oxidation sites excluding steroid dienone is 1. The highest BCUT2D eigenvalue weighted by Gasteiger charge is 2.41. The van der Waals surface area contributed by atoms with Crippen LogP contribution in [-0.2, 0) is 4.74 Å². The molecule has 2 aromatic rings. The standard InChI is InChI=1S/C20H27N5O2/c1-16(2)4-9-23-10-5-20(6-11-23)15-24(12-13-27-20)19(26)17-14-18-21-7-3-8-25(18)22-17/h3-4,7-8,14H,5-6,9-13,15H2,1-2H3. The summed E-state index contributed by atoms with van der Waals surface area (Å²) in [6.07, 6.45) is 7.70. The fraction of sp³-hybridized carbons (Fsp3) is 0.550. The van der Waals surface area contributed by atoms with E-state index in [9.17, 15) is 4.79 Å². The molecule has 1 amide bonds. The summed E-state index contributed by atoms with van der Waals surface area (Å²) < 4.78 is 7.83. The zero-order valence-corrected chi connectivity index (χ0v) is 16.1. The fourth-order valence-corrected chi connectivity index (χ4v) is 3.87. The second kappa shape index (κ2) is 7.40. The molecule has 0 bridgehead atoms. The van der Waals surface area contributed by atoms with Crippen molar-refractivity contribution < 1.29 is 9.53 Å². The number of fused-ring (bicyclic) bond motifs is 1. The molecule has 2 aromatic heterocycles. The van der Waals surface area contributed by atoms with Gasteiger partial charge in [0, 0.05) is 44.6 Å². The average Bonchev–Trinajstić information content (AvgIpc) is 3.11. The van der Waals surface area contributed by atoms with Gasteiger partial charge in [-0.3, -0.25) is 9.69 Å². The van der Waals surface area contributed by atoms with Gasteiger partial charge in [-0.05, 0) is 32.8 Å². The first kappa shape index (κ1) is 18.1. The Balaban J connectivity index is 1.42. The summed E-state index contributed by atoms with van der Waals surface area (Å²) in [4.78, 5) is 21.6. The van der Waals surface area contributed by atoms with Crippen LogP contribution in [0.5, 0.6) is 0 Å². The maximum absolute atomic E-state index is 13.0. The second-order valence-corrected chi connectivity index (χ2v) is 7.79. The lowest BCUT2D eigenvalue weighted by atomic mass is 9.89. The molecule has 0 aromatic carbocycles. The third kappa shape index (κ3) is 3.89. The summed E-state index contributed by atoms with van der Waals surface area (Å²) >= 11 is 0. The van der Waals surface area contributed by atoms with Crippen molar-refractivity contribution in [1.29, 1.82) is 0 Å². The van der Waals surface area contributed by atoms with Gasteiger partial charge in [-0.25, -0.2) is 9.50 Å². The van der Waals surface area contributed by atoms with Crippen LogP contribution in [0.25, 0.3) is 5.65 Å². The number of hydrogen-bond donors (Lipinski definition) is 0. The largest absolute Gasteiger partial charge is 0.371 e. The van der Waals surface area contributed by atoms with Gasteiger partial charge in [-0.2, -0.15) is 5.10 Å². The SMILES string of the molecule is CC(C)=CCN1CCC2(CC1)CN(C(=O)c1cc3ncccn3n1)CCO2. The maximum atomic E-state index is 13.0. The highest BCUT2D eigenvalue weighted by atomic mass is 16.5. The molecule has 0 aliphatic carbocycles. The first-order chi connectivity index (χ1) is 13.0. The van der Waals surface area contributed by atoms with Gasteiger partial charge in [0.2, 0.25) is 0 Å². The molecule has 0 radical (unpaired) electrons. The highest BCUT2D eigenvalue weighted by Crippen LogP contribution is 2.30. The predicted octanol–water partition coefficient (Wildman–Crippen LogP) is 2.00.